The number of nitrogens with one attached hydrogen (secondary N) is 1. The third kappa shape index (κ3) is 8.70. The highest BCUT2D eigenvalue weighted by Gasteiger charge is 2.44. The van der Waals surface area contributed by atoms with E-state index in [1.165, 1.54) is 11.3 Å². The molecular weight excluding hydrogens is 510 g/mol. The summed E-state index contributed by atoms with van der Waals surface area (Å²) in [5.74, 6) is -0.943. The summed E-state index contributed by atoms with van der Waals surface area (Å²) in [4.78, 5) is 46.7. The molecule has 7 nitrogen and oxygen atoms in total. The third-order valence-corrected chi connectivity index (χ3v) is 8.61. The molecule has 1 aliphatic heterocycles. The van der Waals surface area contributed by atoms with Crippen LogP contribution in [0, 0.1) is 18.3 Å². The minimum absolute atomic E-state index is 0.0949. The van der Waals surface area contributed by atoms with Gasteiger partial charge in [0.1, 0.15) is 11.8 Å². The lowest BCUT2D eigenvalue weighted by atomic mass is 9.76. The van der Waals surface area contributed by atoms with E-state index in [1.54, 1.807) is 11.3 Å². The van der Waals surface area contributed by atoms with Gasteiger partial charge < -0.3 is 15.3 Å². The van der Waals surface area contributed by atoms with Crippen molar-refractivity contribution < 1.29 is 19.5 Å². The number of aromatic nitrogens is 1. The molecule has 39 heavy (non-hydrogen) atoms. The molecule has 0 unspecified atom stereocenters. The summed E-state index contributed by atoms with van der Waals surface area (Å²) in [5.41, 5.74) is 4.42. The number of nitrogens with zero attached hydrogens (tertiary/aromatic N) is 2. The van der Waals surface area contributed by atoms with Crippen LogP contribution in [0.2, 0.25) is 0 Å². The van der Waals surface area contributed by atoms with Gasteiger partial charge in [-0.1, -0.05) is 77.6 Å². The molecule has 2 N–H and O–H groups in total. The van der Waals surface area contributed by atoms with Gasteiger partial charge in [0.05, 0.1) is 22.2 Å². The zero-order valence-electron chi connectivity index (χ0n) is 24.2. The number of unbranched alkanes of at least 4 members (excludes halogenated alkanes) is 4. The molecule has 2 aromatic rings. The molecule has 1 aromatic heterocycles. The number of β-amino-alcohol motifs (C(OH)–C–C–N with tert-alkyl or cyclic N) is 1. The van der Waals surface area contributed by atoms with Crippen LogP contribution in [0.4, 0.5) is 0 Å². The number of amides is 2. The molecule has 3 rings (SSSR count). The lowest BCUT2D eigenvalue weighted by Crippen LogP contribution is -2.50. The van der Waals surface area contributed by atoms with Crippen molar-refractivity contribution in [2.75, 3.05) is 6.54 Å². The summed E-state index contributed by atoms with van der Waals surface area (Å²) in [6, 6.07) is 7.24. The first-order chi connectivity index (χ1) is 18.5. The van der Waals surface area contributed by atoms with Crippen LogP contribution in [0.25, 0.3) is 10.4 Å². The van der Waals surface area contributed by atoms with E-state index in [0.717, 1.165) is 47.4 Å². The Bertz CT molecular complexity index is 1110. The summed E-state index contributed by atoms with van der Waals surface area (Å²) < 4.78 is 0. The van der Waals surface area contributed by atoms with Gasteiger partial charge in [-0.05, 0) is 29.9 Å². The van der Waals surface area contributed by atoms with Gasteiger partial charge in [0, 0.05) is 38.3 Å². The largest absolute Gasteiger partial charge is 0.391 e. The second kappa shape index (κ2) is 14.2. The molecule has 0 radical (unpaired) electrons. The second-order valence-corrected chi connectivity index (χ2v) is 12.8. The lowest BCUT2D eigenvalue weighted by Gasteiger charge is -2.34. The first-order valence-electron chi connectivity index (χ1n) is 14.3. The van der Waals surface area contributed by atoms with Gasteiger partial charge in [0.2, 0.25) is 11.8 Å². The molecule has 0 spiro atoms. The number of hydrogen-bond acceptors (Lipinski definition) is 6. The van der Waals surface area contributed by atoms with Crippen LogP contribution in [0.5, 0.6) is 0 Å². The molecule has 0 bridgehead atoms. The van der Waals surface area contributed by atoms with Crippen molar-refractivity contribution in [1.29, 1.82) is 0 Å². The molecule has 1 aliphatic rings. The third-order valence-electron chi connectivity index (χ3n) is 7.63. The van der Waals surface area contributed by atoms with E-state index in [0.29, 0.717) is 13.0 Å². The normalized spacial score (nSPS) is 18.3. The van der Waals surface area contributed by atoms with Crippen LogP contribution in [0.1, 0.15) is 90.3 Å². The van der Waals surface area contributed by atoms with Crippen molar-refractivity contribution in [3.63, 3.8) is 0 Å². The van der Waals surface area contributed by atoms with Crippen LogP contribution < -0.4 is 5.32 Å². The number of benzene rings is 1. The number of Topliss-reactive ketones (excluding diaryl/α,β-unsaturated/α-hetero) is 1. The molecule has 214 valence electrons. The Morgan fingerprint density at radius 3 is 2.44 bits per heavy atom. The van der Waals surface area contributed by atoms with E-state index in [2.05, 4.69) is 17.2 Å². The molecule has 0 aliphatic carbocycles. The van der Waals surface area contributed by atoms with Gasteiger partial charge >= 0.3 is 0 Å². The average Bonchev–Trinajstić information content (AvgIpc) is 3.50. The monoisotopic (exact) mass is 555 g/mol. The summed E-state index contributed by atoms with van der Waals surface area (Å²) in [6.07, 6.45) is 5.43. The van der Waals surface area contributed by atoms with Crippen LogP contribution >= 0.6 is 11.3 Å². The van der Waals surface area contributed by atoms with E-state index in [1.807, 2.05) is 57.5 Å². The van der Waals surface area contributed by atoms with Crippen molar-refractivity contribution in [3.05, 3.63) is 41.0 Å². The quantitative estimate of drug-likeness (QED) is 0.310. The Kier molecular flexibility index (Phi) is 11.2. The molecule has 3 atom stereocenters. The predicted octanol–water partition coefficient (Wildman–Crippen LogP) is 5.68. The molecule has 8 heteroatoms. The lowest BCUT2D eigenvalue weighted by molar-refractivity contribution is -0.146. The Morgan fingerprint density at radius 1 is 1.13 bits per heavy atom. The smallest absolute Gasteiger partial charge is 0.243 e. The van der Waals surface area contributed by atoms with E-state index in [9.17, 15) is 19.5 Å². The predicted molar refractivity (Wildman–Crippen MR) is 156 cm³/mol. The molecule has 2 heterocycles. The molecular formula is C31H45N3O4S. The maximum Gasteiger partial charge on any atom is 0.243 e. The number of thiazole rings is 1. The van der Waals surface area contributed by atoms with Gasteiger partial charge in [0.25, 0.3) is 0 Å². The number of carbonyl (C=O) groups is 3. The molecule has 1 aromatic carbocycles. The Labute approximate surface area is 237 Å². The number of aliphatic hydroxyl groups excluding tert-OH is 1. The first-order valence-corrected chi connectivity index (χ1v) is 15.2. The standard InChI is InChI=1S/C31H45N3O4S/c1-6-7-8-9-10-11-24(35)16-26(31(3,4)5)30(38)34-19-25(36)17-27(34)29(37)32-18-22-12-14-23(15-13-22)28-21(2)33-20-39-28/h12-15,20,25-27,36H,6-11,16-19H2,1-5H3,(H,32,37)/t25-,26-,27+/m1/s1. The Balaban J connectivity index is 1.61. The highest BCUT2D eigenvalue weighted by Crippen LogP contribution is 2.34. The van der Waals surface area contributed by atoms with E-state index in [4.69, 9.17) is 0 Å². The second-order valence-electron chi connectivity index (χ2n) is 11.9. The SMILES string of the molecule is CCCCCCCC(=O)C[C@H](C(=O)N1C[C@H](O)C[C@H]1C(=O)NCc1ccc(-c2scnc2C)cc1)C(C)(C)C. The average molecular weight is 556 g/mol. The van der Waals surface area contributed by atoms with Gasteiger partial charge in [0.15, 0.2) is 0 Å². The van der Waals surface area contributed by atoms with Crippen LogP contribution in [0.3, 0.4) is 0 Å². The fourth-order valence-corrected chi connectivity index (χ4v) is 6.00. The molecule has 1 saturated heterocycles. The Morgan fingerprint density at radius 2 is 1.82 bits per heavy atom. The summed E-state index contributed by atoms with van der Waals surface area (Å²) in [6.45, 7) is 10.5. The molecule has 1 fully saturated rings. The number of ketones is 1. The number of aryl methyl sites for hydroxylation is 1. The minimum Gasteiger partial charge on any atom is -0.391 e. The van der Waals surface area contributed by atoms with Crippen molar-refractivity contribution in [2.24, 2.45) is 11.3 Å². The van der Waals surface area contributed by atoms with Crippen molar-refractivity contribution >= 4 is 28.9 Å². The van der Waals surface area contributed by atoms with Crippen LogP contribution in [-0.2, 0) is 20.9 Å². The van der Waals surface area contributed by atoms with Gasteiger partial charge in [-0.3, -0.25) is 14.4 Å². The summed E-state index contributed by atoms with van der Waals surface area (Å²) in [7, 11) is 0. The number of hydrogen-bond donors (Lipinski definition) is 2. The first kappa shape index (κ1) is 31.0. The van der Waals surface area contributed by atoms with Crippen molar-refractivity contribution in [2.45, 2.75) is 105 Å². The van der Waals surface area contributed by atoms with Crippen molar-refractivity contribution in [3.8, 4) is 10.4 Å². The Hall–Kier alpha value is -2.58. The highest BCUT2D eigenvalue weighted by atomic mass is 32.1. The van der Waals surface area contributed by atoms with E-state index >= 15 is 0 Å². The van der Waals surface area contributed by atoms with Crippen LogP contribution in [-0.4, -0.2) is 51.3 Å². The van der Waals surface area contributed by atoms with Gasteiger partial charge in [-0.25, -0.2) is 4.98 Å². The maximum absolute atomic E-state index is 13.7. The number of carbonyl (C=O) groups excluding carboxylic acids is 3. The van der Waals surface area contributed by atoms with E-state index < -0.39 is 23.5 Å². The van der Waals surface area contributed by atoms with Gasteiger partial charge in [-0.2, -0.15) is 0 Å². The highest BCUT2D eigenvalue weighted by molar-refractivity contribution is 7.13. The zero-order chi connectivity index (χ0) is 28.6. The summed E-state index contributed by atoms with van der Waals surface area (Å²) >= 11 is 1.60. The fraction of sp³-hybridized carbons (Fsp3) is 0.613. The number of rotatable bonds is 13. The van der Waals surface area contributed by atoms with E-state index in [-0.39, 0.29) is 37.0 Å². The zero-order valence-corrected chi connectivity index (χ0v) is 25.0. The van der Waals surface area contributed by atoms with Crippen molar-refractivity contribution in [1.82, 2.24) is 15.2 Å². The van der Waals surface area contributed by atoms with Crippen LogP contribution in [0.15, 0.2) is 29.8 Å². The van der Waals surface area contributed by atoms with Gasteiger partial charge in [-0.15, -0.1) is 11.3 Å². The number of likely N-dealkylation sites (tertiary alicyclic amines) is 1. The fourth-order valence-electron chi connectivity index (χ4n) is 5.19. The minimum atomic E-state index is -0.762. The summed E-state index contributed by atoms with van der Waals surface area (Å²) in [5, 5.41) is 13.4. The molecule has 0 saturated carbocycles. The molecule has 2 amide bonds. The number of aliphatic hydroxyl groups is 1. The maximum atomic E-state index is 13.7. The topological polar surface area (TPSA) is 99.6 Å².